The van der Waals surface area contributed by atoms with Crippen molar-refractivity contribution in [1.29, 1.82) is 0 Å². The van der Waals surface area contributed by atoms with Gasteiger partial charge in [-0.1, -0.05) is 0 Å². The van der Waals surface area contributed by atoms with E-state index in [-0.39, 0.29) is 5.75 Å². The highest BCUT2D eigenvalue weighted by Crippen LogP contribution is 1.96. The predicted octanol–water partition coefficient (Wildman–Crippen LogP) is -3.30. The summed E-state index contributed by atoms with van der Waals surface area (Å²) in [7, 11) is 0. The molecule has 0 aliphatic heterocycles. The zero-order chi connectivity index (χ0) is 19.7. The molecule has 11 nitrogen and oxygen atoms in total. The second-order valence-electron chi connectivity index (χ2n) is 5.33. The van der Waals surface area contributed by atoms with Crippen LogP contribution in [-0.2, 0) is 24.0 Å². The van der Waals surface area contributed by atoms with E-state index >= 15 is 0 Å². The zero-order valence-corrected chi connectivity index (χ0v) is 14.7. The Labute approximate surface area is 149 Å². The number of carboxylic acids is 1. The molecule has 4 atom stereocenters. The van der Waals surface area contributed by atoms with Gasteiger partial charge in [0, 0.05) is 5.75 Å². The number of amides is 4. The molecule has 0 spiro atoms. The standard InChI is InChI=1S/C13H23N5O6S/c1-5(14)10(20)18-8(4-25)12(22)16-6(2)11(21)17-7(13(23)24)3-9(15)19/h5-8,25H,3-4,14H2,1-2H3,(H2,15,19)(H,16,22)(H,17,21)(H,18,20)(H,23,24). The molecule has 4 unspecified atom stereocenters. The summed E-state index contributed by atoms with van der Waals surface area (Å²) in [6, 6.07) is -4.50. The van der Waals surface area contributed by atoms with Gasteiger partial charge >= 0.3 is 5.97 Å². The van der Waals surface area contributed by atoms with E-state index in [1.807, 2.05) is 0 Å². The van der Waals surface area contributed by atoms with Gasteiger partial charge in [0.05, 0.1) is 12.5 Å². The number of nitrogens with two attached hydrogens (primary N) is 2. The first-order chi connectivity index (χ1) is 11.5. The number of carbonyl (C=O) groups is 5. The number of primary amides is 1. The molecular weight excluding hydrogens is 354 g/mol. The van der Waals surface area contributed by atoms with Crippen molar-refractivity contribution in [2.45, 2.75) is 44.4 Å². The first-order valence-electron chi connectivity index (χ1n) is 7.28. The highest BCUT2D eigenvalue weighted by Gasteiger charge is 2.27. The zero-order valence-electron chi connectivity index (χ0n) is 13.8. The summed E-state index contributed by atoms with van der Waals surface area (Å²) >= 11 is 3.95. The summed E-state index contributed by atoms with van der Waals surface area (Å²) in [5.41, 5.74) is 10.3. The maximum Gasteiger partial charge on any atom is 0.326 e. The Bertz CT molecular complexity index is 541. The summed E-state index contributed by atoms with van der Waals surface area (Å²) in [5.74, 6) is -4.50. The van der Waals surface area contributed by atoms with Crippen LogP contribution in [0.2, 0.25) is 0 Å². The van der Waals surface area contributed by atoms with Crippen LogP contribution >= 0.6 is 12.6 Å². The fraction of sp³-hybridized carbons (Fsp3) is 0.615. The van der Waals surface area contributed by atoms with E-state index in [2.05, 4.69) is 28.6 Å². The highest BCUT2D eigenvalue weighted by molar-refractivity contribution is 7.80. The molecule has 0 aliphatic rings. The molecule has 12 heteroatoms. The van der Waals surface area contributed by atoms with Crippen LogP contribution in [0.1, 0.15) is 20.3 Å². The fourth-order valence-electron chi connectivity index (χ4n) is 1.57. The molecule has 8 N–H and O–H groups in total. The lowest BCUT2D eigenvalue weighted by Gasteiger charge is -2.21. The van der Waals surface area contributed by atoms with Crippen molar-refractivity contribution in [2.24, 2.45) is 11.5 Å². The van der Waals surface area contributed by atoms with Crippen LogP contribution in [0.5, 0.6) is 0 Å². The molecule has 0 bridgehead atoms. The third-order valence-corrected chi connectivity index (χ3v) is 3.37. The van der Waals surface area contributed by atoms with Gasteiger partial charge in [-0.05, 0) is 13.8 Å². The largest absolute Gasteiger partial charge is 0.480 e. The normalized spacial score (nSPS) is 15.2. The number of aliphatic carboxylic acids is 1. The van der Waals surface area contributed by atoms with Gasteiger partial charge in [0.15, 0.2) is 0 Å². The Morgan fingerprint density at radius 1 is 0.960 bits per heavy atom. The molecule has 0 rings (SSSR count). The van der Waals surface area contributed by atoms with Crippen molar-refractivity contribution in [3.8, 4) is 0 Å². The van der Waals surface area contributed by atoms with Crippen LogP contribution in [0.3, 0.4) is 0 Å². The van der Waals surface area contributed by atoms with Gasteiger partial charge in [-0.25, -0.2) is 4.79 Å². The quantitative estimate of drug-likeness (QED) is 0.194. The van der Waals surface area contributed by atoms with E-state index in [4.69, 9.17) is 16.6 Å². The molecular formula is C13H23N5O6S. The molecule has 0 saturated heterocycles. The van der Waals surface area contributed by atoms with Gasteiger partial charge in [0.25, 0.3) is 0 Å². The molecule has 0 radical (unpaired) electrons. The molecule has 25 heavy (non-hydrogen) atoms. The van der Waals surface area contributed by atoms with Gasteiger partial charge in [0.2, 0.25) is 23.6 Å². The Morgan fingerprint density at radius 3 is 1.88 bits per heavy atom. The van der Waals surface area contributed by atoms with Crippen molar-refractivity contribution in [2.75, 3.05) is 5.75 Å². The second-order valence-corrected chi connectivity index (χ2v) is 5.70. The van der Waals surface area contributed by atoms with E-state index < -0.39 is 60.2 Å². The highest BCUT2D eigenvalue weighted by atomic mass is 32.1. The average molecular weight is 377 g/mol. The monoisotopic (exact) mass is 377 g/mol. The summed E-state index contributed by atoms with van der Waals surface area (Å²) in [6.07, 6.45) is -0.592. The fourth-order valence-corrected chi connectivity index (χ4v) is 1.83. The minimum atomic E-state index is -1.51. The molecule has 4 amide bonds. The predicted molar refractivity (Wildman–Crippen MR) is 90.4 cm³/mol. The van der Waals surface area contributed by atoms with Gasteiger partial charge in [0.1, 0.15) is 18.1 Å². The molecule has 0 aromatic carbocycles. The van der Waals surface area contributed by atoms with E-state index in [1.54, 1.807) is 0 Å². The maximum absolute atomic E-state index is 12.1. The third-order valence-electron chi connectivity index (χ3n) is 3.00. The third kappa shape index (κ3) is 8.35. The van der Waals surface area contributed by atoms with Gasteiger partial charge < -0.3 is 32.5 Å². The minimum absolute atomic E-state index is 0.0436. The lowest BCUT2D eigenvalue weighted by atomic mass is 10.1. The molecule has 142 valence electrons. The summed E-state index contributed by atoms with van der Waals surface area (Å²) in [5, 5.41) is 15.7. The topological polar surface area (TPSA) is 194 Å². The molecule has 0 saturated carbocycles. The molecule has 0 heterocycles. The van der Waals surface area contributed by atoms with Crippen LogP contribution in [0.4, 0.5) is 0 Å². The van der Waals surface area contributed by atoms with Crippen molar-refractivity contribution in [3.63, 3.8) is 0 Å². The Hall–Kier alpha value is -2.34. The Balaban J connectivity index is 4.77. The molecule has 0 aromatic heterocycles. The maximum atomic E-state index is 12.1. The molecule has 0 fully saturated rings. The van der Waals surface area contributed by atoms with Gasteiger partial charge in [-0.3, -0.25) is 19.2 Å². The number of hydrogen-bond acceptors (Lipinski definition) is 7. The number of carbonyl (C=O) groups excluding carboxylic acids is 4. The lowest BCUT2D eigenvalue weighted by Crippen LogP contribution is -2.56. The smallest absolute Gasteiger partial charge is 0.326 e. The van der Waals surface area contributed by atoms with Crippen molar-refractivity contribution >= 4 is 42.2 Å². The van der Waals surface area contributed by atoms with E-state index in [9.17, 15) is 24.0 Å². The van der Waals surface area contributed by atoms with Gasteiger partial charge in [-0.15, -0.1) is 0 Å². The molecule has 0 aliphatic carbocycles. The number of rotatable bonds is 10. The number of nitrogens with one attached hydrogen (secondary N) is 3. The minimum Gasteiger partial charge on any atom is -0.480 e. The first kappa shape index (κ1) is 22.7. The summed E-state index contributed by atoms with van der Waals surface area (Å²) in [4.78, 5) is 57.3. The Morgan fingerprint density at radius 2 is 1.48 bits per heavy atom. The lowest BCUT2D eigenvalue weighted by molar-refractivity contribution is -0.143. The van der Waals surface area contributed by atoms with Crippen LogP contribution in [-0.4, -0.2) is 64.6 Å². The van der Waals surface area contributed by atoms with Crippen LogP contribution in [0.25, 0.3) is 0 Å². The van der Waals surface area contributed by atoms with Crippen LogP contribution in [0, 0.1) is 0 Å². The number of thiol groups is 1. The second kappa shape index (κ2) is 10.5. The Kier molecular flexibility index (Phi) is 9.53. The van der Waals surface area contributed by atoms with Crippen LogP contribution in [0.15, 0.2) is 0 Å². The van der Waals surface area contributed by atoms with E-state index in [0.717, 1.165) is 0 Å². The number of carboxylic acid groups (broad SMARTS) is 1. The van der Waals surface area contributed by atoms with E-state index in [1.165, 1.54) is 13.8 Å². The van der Waals surface area contributed by atoms with E-state index in [0.29, 0.717) is 0 Å². The van der Waals surface area contributed by atoms with Crippen molar-refractivity contribution in [1.82, 2.24) is 16.0 Å². The van der Waals surface area contributed by atoms with Crippen molar-refractivity contribution < 1.29 is 29.1 Å². The SMILES string of the molecule is CC(N)C(=O)NC(CS)C(=O)NC(C)C(=O)NC(CC(N)=O)C(=O)O. The molecule has 0 aromatic rings. The first-order valence-corrected chi connectivity index (χ1v) is 7.91. The van der Waals surface area contributed by atoms with Crippen LogP contribution < -0.4 is 27.4 Å². The summed E-state index contributed by atoms with van der Waals surface area (Å²) in [6.45, 7) is 2.74. The average Bonchev–Trinajstić information content (AvgIpc) is 2.50. The van der Waals surface area contributed by atoms with Crippen molar-refractivity contribution in [3.05, 3.63) is 0 Å². The van der Waals surface area contributed by atoms with Gasteiger partial charge in [-0.2, -0.15) is 12.6 Å². The number of hydrogen-bond donors (Lipinski definition) is 7. The summed E-state index contributed by atoms with van der Waals surface area (Å²) < 4.78 is 0.